The summed E-state index contributed by atoms with van der Waals surface area (Å²) in [6.07, 6.45) is 1.37. The first-order chi connectivity index (χ1) is 9.54. The van der Waals surface area contributed by atoms with Crippen LogP contribution in [0, 0.1) is 11.3 Å². The lowest BCUT2D eigenvalue weighted by molar-refractivity contribution is 0.160. The Morgan fingerprint density at radius 2 is 2.15 bits per heavy atom. The average Bonchev–Trinajstić information content (AvgIpc) is 2.47. The Balaban J connectivity index is 3.08. The molecule has 4 nitrogen and oxygen atoms in total. The number of likely N-dealkylation sites (N-methyl/N-ethyl adjacent to an activating group) is 1. The van der Waals surface area contributed by atoms with Crippen LogP contribution in [-0.4, -0.2) is 31.1 Å². The van der Waals surface area contributed by atoms with E-state index in [1.54, 1.807) is 7.11 Å². The zero-order chi connectivity index (χ0) is 15.1. The van der Waals surface area contributed by atoms with Crippen molar-refractivity contribution in [1.29, 1.82) is 5.26 Å². The minimum Gasteiger partial charge on any atom is -0.497 e. The van der Waals surface area contributed by atoms with Crippen LogP contribution in [0.3, 0.4) is 0 Å². The smallest absolute Gasteiger partial charge is 0.119 e. The zero-order valence-electron chi connectivity index (χ0n) is 12.8. The largest absolute Gasteiger partial charge is 0.497 e. The van der Waals surface area contributed by atoms with Crippen LogP contribution in [0.25, 0.3) is 0 Å². The maximum Gasteiger partial charge on any atom is 0.119 e. The van der Waals surface area contributed by atoms with E-state index in [4.69, 9.17) is 15.7 Å². The molecule has 1 aromatic rings. The molecule has 0 saturated carbocycles. The Bertz CT molecular complexity index is 455. The molecular weight excluding hydrogens is 250 g/mol. The van der Waals surface area contributed by atoms with E-state index < -0.39 is 0 Å². The molecule has 3 unspecified atom stereocenters. The molecule has 0 aliphatic carbocycles. The van der Waals surface area contributed by atoms with E-state index in [0.717, 1.165) is 17.7 Å². The molecule has 110 valence electrons. The highest BCUT2D eigenvalue weighted by Crippen LogP contribution is 2.28. The van der Waals surface area contributed by atoms with Crippen LogP contribution in [0.2, 0.25) is 0 Å². The normalized spacial score (nSPS) is 15.4. The van der Waals surface area contributed by atoms with Gasteiger partial charge in [0.2, 0.25) is 0 Å². The van der Waals surface area contributed by atoms with Crippen LogP contribution >= 0.6 is 0 Å². The first kappa shape index (κ1) is 16.5. The predicted octanol–water partition coefficient (Wildman–Crippen LogP) is 2.71. The first-order valence-corrected chi connectivity index (χ1v) is 7.03. The molecule has 1 aromatic carbocycles. The minimum atomic E-state index is 0.0215. The third kappa shape index (κ3) is 3.96. The van der Waals surface area contributed by atoms with Gasteiger partial charge in [0.25, 0.3) is 0 Å². The van der Waals surface area contributed by atoms with Crippen LogP contribution in [0.5, 0.6) is 5.75 Å². The number of methoxy groups -OCH3 is 1. The van der Waals surface area contributed by atoms with Gasteiger partial charge in [-0.05, 0) is 38.1 Å². The van der Waals surface area contributed by atoms with E-state index in [2.05, 4.69) is 30.9 Å². The van der Waals surface area contributed by atoms with Gasteiger partial charge in [-0.15, -0.1) is 0 Å². The van der Waals surface area contributed by atoms with Gasteiger partial charge in [-0.25, -0.2) is 0 Å². The first-order valence-electron chi connectivity index (χ1n) is 7.03. The second kappa shape index (κ2) is 7.88. The molecule has 1 rings (SSSR count). The van der Waals surface area contributed by atoms with E-state index in [0.29, 0.717) is 6.42 Å². The number of nitriles is 1. The molecular formula is C16H25N3O. The van der Waals surface area contributed by atoms with Crippen molar-refractivity contribution in [2.24, 2.45) is 5.73 Å². The van der Waals surface area contributed by atoms with Gasteiger partial charge in [0.1, 0.15) is 5.75 Å². The molecule has 0 spiro atoms. The van der Waals surface area contributed by atoms with Gasteiger partial charge in [0.05, 0.1) is 25.6 Å². The molecule has 2 N–H and O–H groups in total. The number of nitrogens with two attached hydrogens (primary N) is 1. The Morgan fingerprint density at radius 3 is 2.70 bits per heavy atom. The number of rotatable bonds is 7. The lowest BCUT2D eigenvalue weighted by Gasteiger charge is -2.36. The Morgan fingerprint density at radius 1 is 1.45 bits per heavy atom. The van der Waals surface area contributed by atoms with Crippen LogP contribution in [-0.2, 0) is 0 Å². The van der Waals surface area contributed by atoms with Gasteiger partial charge in [-0.1, -0.05) is 19.1 Å². The predicted molar refractivity (Wildman–Crippen MR) is 81.5 cm³/mol. The van der Waals surface area contributed by atoms with Crippen molar-refractivity contribution >= 4 is 0 Å². The maximum atomic E-state index is 8.89. The van der Waals surface area contributed by atoms with Crippen molar-refractivity contribution in [2.45, 2.75) is 44.8 Å². The molecule has 0 fully saturated rings. The molecule has 0 aromatic heterocycles. The van der Waals surface area contributed by atoms with Crippen molar-refractivity contribution in [2.75, 3.05) is 14.2 Å². The minimum absolute atomic E-state index is 0.0215. The summed E-state index contributed by atoms with van der Waals surface area (Å²) in [7, 11) is 3.69. The molecule has 20 heavy (non-hydrogen) atoms. The highest BCUT2D eigenvalue weighted by molar-refractivity contribution is 5.31. The maximum absolute atomic E-state index is 8.89. The second-order valence-corrected chi connectivity index (χ2v) is 5.17. The summed E-state index contributed by atoms with van der Waals surface area (Å²) in [5, 5.41) is 8.89. The van der Waals surface area contributed by atoms with Crippen LogP contribution in [0.1, 0.15) is 38.3 Å². The highest BCUT2D eigenvalue weighted by Gasteiger charge is 2.26. The number of nitrogens with zero attached hydrogens (tertiary/aromatic N) is 2. The lowest BCUT2D eigenvalue weighted by Crippen LogP contribution is -2.42. The van der Waals surface area contributed by atoms with Crippen molar-refractivity contribution in [1.82, 2.24) is 4.90 Å². The molecule has 0 heterocycles. The summed E-state index contributed by atoms with van der Waals surface area (Å²) in [5.74, 6) is 0.831. The molecule has 0 amide bonds. The highest BCUT2D eigenvalue weighted by atomic mass is 16.5. The van der Waals surface area contributed by atoms with Crippen LogP contribution in [0.15, 0.2) is 24.3 Å². The van der Waals surface area contributed by atoms with Gasteiger partial charge in [0.15, 0.2) is 0 Å². The molecule has 0 bridgehead atoms. The fourth-order valence-corrected chi connectivity index (χ4v) is 2.38. The van der Waals surface area contributed by atoms with E-state index in [1.165, 1.54) is 0 Å². The molecule has 0 saturated heterocycles. The summed E-state index contributed by atoms with van der Waals surface area (Å²) >= 11 is 0. The van der Waals surface area contributed by atoms with Gasteiger partial charge in [-0.2, -0.15) is 5.26 Å². The summed E-state index contributed by atoms with van der Waals surface area (Å²) in [4.78, 5) is 2.19. The molecule has 0 aliphatic rings. The van der Waals surface area contributed by atoms with Crippen molar-refractivity contribution in [3.63, 3.8) is 0 Å². The van der Waals surface area contributed by atoms with E-state index in [9.17, 15) is 0 Å². The lowest BCUT2D eigenvalue weighted by atomic mass is 9.95. The summed E-state index contributed by atoms with van der Waals surface area (Å²) in [6.45, 7) is 4.14. The number of hydrogen-bond acceptors (Lipinski definition) is 4. The van der Waals surface area contributed by atoms with Gasteiger partial charge < -0.3 is 10.5 Å². The Kier molecular flexibility index (Phi) is 6.50. The van der Waals surface area contributed by atoms with Crippen LogP contribution in [0.4, 0.5) is 0 Å². The molecule has 0 radical (unpaired) electrons. The number of ether oxygens (including phenoxy) is 1. The standard InChI is InChI=1S/C16H25N3O/c1-5-15(18)16(19(3)12(2)9-10-17)13-7-6-8-14(11-13)20-4/h6-8,11-12,15-16H,5,9,18H2,1-4H3. The molecule has 0 aliphatic heterocycles. The quantitative estimate of drug-likeness (QED) is 0.831. The fourth-order valence-electron chi connectivity index (χ4n) is 2.38. The van der Waals surface area contributed by atoms with Gasteiger partial charge in [-0.3, -0.25) is 4.90 Å². The van der Waals surface area contributed by atoms with Gasteiger partial charge >= 0.3 is 0 Å². The monoisotopic (exact) mass is 275 g/mol. The Hall–Kier alpha value is -1.57. The second-order valence-electron chi connectivity index (χ2n) is 5.17. The number of benzene rings is 1. The SMILES string of the molecule is CCC(N)C(c1cccc(OC)c1)N(C)C(C)CC#N. The van der Waals surface area contributed by atoms with Crippen LogP contribution < -0.4 is 10.5 Å². The molecule has 3 atom stereocenters. The van der Waals surface area contributed by atoms with Crippen molar-refractivity contribution < 1.29 is 4.74 Å². The van der Waals surface area contributed by atoms with E-state index in [-0.39, 0.29) is 18.1 Å². The fraction of sp³-hybridized carbons (Fsp3) is 0.562. The summed E-state index contributed by atoms with van der Waals surface area (Å²) < 4.78 is 5.29. The average molecular weight is 275 g/mol. The Labute approximate surface area is 122 Å². The van der Waals surface area contributed by atoms with E-state index >= 15 is 0 Å². The third-order valence-electron chi connectivity index (χ3n) is 3.83. The number of hydrogen-bond donors (Lipinski definition) is 1. The van der Waals surface area contributed by atoms with E-state index in [1.807, 2.05) is 25.2 Å². The summed E-state index contributed by atoms with van der Waals surface area (Å²) in [6, 6.07) is 10.5. The van der Waals surface area contributed by atoms with Crippen molar-refractivity contribution in [3.05, 3.63) is 29.8 Å². The summed E-state index contributed by atoms with van der Waals surface area (Å²) in [5.41, 5.74) is 7.44. The third-order valence-corrected chi connectivity index (χ3v) is 3.83. The van der Waals surface area contributed by atoms with Crippen molar-refractivity contribution in [3.8, 4) is 11.8 Å². The molecule has 4 heteroatoms. The zero-order valence-corrected chi connectivity index (χ0v) is 12.8. The van der Waals surface area contributed by atoms with Gasteiger partial charge in [0, 0.05) is 12.1 Å². The topological polar surface area (TPSA) is 62.3 Å².